The molecular formula is C13H16FN3. The zero-order valence-electron chi connectivity index (χ0n) is 10.0. The summed E-state index contributed by atoms with van der Waals surface area (Å²) in [5, 5.41) is 7.27. The van der Waals surface area contributed by atoms with E-state index in [1.54, 1.807) is 6.20 Å². The first-order valence-corrected chi connectivity index (χ1v) is 5.76. The fourth-order valence-corrected chi connectivity index (χ4v) is 1.80. The van der Waals surface area contributed by atoms with Crippen LogP contribution in [-0.2, 0) is 0 Å². The molecule has 90 valence electrons. The predicted octanol–water partition coefficient (Wildman–Crippen LogP) is 2.68. The quantitative estimate of drug-likeness (QED) is 0.880. The third-order valence-corrected chi connectivity index (χ3v) is 2.71. The second-order valence-corrected chi connectivity index (χ2v) is 3.92. The highest BCUT2D eigenvalue weighted by Crippen LogP contribution is 2.18. The smallest absolute Gasteiger partial charge is 0.221 e. The lowest BCUT2D eigenvalue weighted by molar-refractivity contribution is 0.498. The maximum Gasteiger partial charge on any atom is 0.221 e. The highest BCUT2D eigenvalue weighted by atomic mass is 19.1. The molecule has 0 aliphatic carbocycles. The molecule has 3 nitrogen and oxygen atoms in total. The van der Waals surface area contributed by atoms with Crippen LogP contribution < -0.4 is 5.32 Å². The van der Waals surface area contributed by atoms with Gasteiger partial charge >= 0.3 is 0 Å². The van der Waals surface area contributed by atoms with Gasteiger partial charge in [0.1, 0.15) is 0 Å². The van der Waals surface area contributed by atoms with Gasteiger partial charge in [-0.05, 0) is 25.6 Å². The van der Waals surface area contributed by atoms with Gasteiger partial charge < -0.3 is 5.32 Å². The highest BCUT2D eigenvalue weighted by molar-refractivity contribution is 5.32. The number of hydrogen-bond acceptors (Lipinski definition) is 2. The Morgan fingerprint density at radius 1 is 1.35 bits per heavy atom. The lowest BCUT2D eigenvalue weighted by Crippen LogP contribution is -2.18. The molecule has 17 heavy (non-hydrogen) atoms. The molecule has 2 rings (SSSR count). The van der Waals surface area contributed by atoms with Crippen LogP contribution in [0, 0.1) is 5.95 Å². The summed E-state index contributed by atoms with van der Waals surface area (Å²) in [4.78, 5) is 0. The maximum absolute atomic E-state index is 14.2. The molecule has 0 radical (unpaired) electrons. The van der Waals surface area contributed by atoms with Gasteiger partial charge in [0.25, 0.3) is 0 Å². The minimum atomic E-state index is -0.301. The topological polar surface area (TPSA) is 29.9 Å². The number of hydrogen-bond donors (Lipinski definition) is 1. The van der Waals surface area contributed by atoms with Crippen LogP contribution in [0.1, 0.15) is 25.5 Å². The first-order chi connectivity index (χ1) is 8.24. The Morgan fingerprint density at radius 2 is 2.06 bits per heavy atom. The van der Waals surface area contributed by atoms with Crippen LogP contribution in [-0.4, -0.2) is 16.3 Å². The summed E-state index contributed by atoms with van der Waals surface area (Å²) in [7, 11) is 0. The van der Waals surface area contributed by atoms with Gasteiger partial charge in [0.05, 0.1) is 11.9 Å². The van der Waals surface area contributed by atoms with Crippen LogP contribution in [0.15, 0.2) is 36.5 Å². The normalized spacial score (nSPS) is 12.6. The van der Waals surface area contributed by atoms with Gasteiger partial charge in [-0.1, -0.05) is 25.1 Å². The molecule has 2 aromatic rings. The molecule has 0 saturated heterocycles. The van der Waals surface area contributed by atoms with Crippen molar-refractivity contribution in [1.82, 2.24) is 15.1 Å². The summed E-state index contributed by atoms with van der Waals surface area (Å²) >= 11 is 0. The Bertz CT molecular complexity index is 479. The zero-order chi connectivity index (χ0) is 12.3. The second kappa shape index (κ2) is 5.10. The van der Waals surface area contributed by atoms with Gasteiger partial charge in [-0.3, -0.25) is 0 Å². The van der Waals surface area contributed by atoms with Crippen LogP contribution in [0.25, 0.3) is 5.69 Å². The molecule has 1 unspecified atom stereocenters. The van der Waals surface area contributed by atoms with Gasteiger partial charge in [-0.2, -0.15) is 9.49 Å². The van der Waals surface area contributed by atoms with Crippen molar-refractivity contribution in [3.63, 3.8) is 0 Å². The molecule has 1 aromatic carbocycles. The molecule has 1 atom stereocenters. The number of nitrogens with one attached hydrogen (secondary N) is 1. The molecule has 0 aliphatic rings. The average molecular weight is 233 g/mol. The first-order valence-electron chi connectivity index (χ1n) is 5.76. The number of rotatable bonds is 4. The molecule has 0 amide bonds. The van der Waals surface area contributed by atoms with E-state index in [-0.39, 0.29) is 12.0 Å². The van der Waals surface area contributed by atoms with E-state index in [4.69, 9.17) is 0 Å². The number of halogens is 1. The molecule has 0 bridgehead atoms. The van der Waals surface area contributed by atoms with E-state index in [2.05, 4.69) is 10.4 Å². The Balaban J connectivity index is 2.33. The summed E-state index contributed by atoms with van der Waals surface area (Å²) in [6.07, 6.45) is 1.58. The van der Waals surface area contributed by atoms with E-state index >= 15 is 0 Å². The van der Waals surface area contributed by atoms with E-state index in [1.165, 1.54) is 4.68 Å². The summed E-state index contributed by atoms with van der Waals surface area (Å²) in [6, 6.07) is 9.26. The fourth-order valence-electron chi connectivity index (χ4n) is 1.80. The van der Waals surface area contributed by atoms with E-state index in [1.807, 2.05) is 44.2 Å². The lowest BCUT2D eigenvalue weighted by atomic mass is 10.2. The van der Waals surface area contributed by atoms with E-state index in [0.29, 0.717) is 5.56 Å². The van der Waals surface area contributed by atoms with Crippen LogP contribution in [0.5, 0.6) is 0 Å². The van der Waals surface area contributed by atoms with Crippen molar-refractivity contribution >= 4 is 0 Å². The summed E-state index contributed by atoms with van der Waals surface area (Å²) in [5.74, 6) is -0.301. The van der Waals surface area contributed by atoms with Crippen molar-refractivity contribution in [3.05, 3.63) is 48.0 Å². The molecule has 0 spiro atoms. The average Bonchev–Trinajstić information content (AvgIpc) is 2.72. The molecule has 0 saturated carbocycles. The van der Waals surface area contributed by atoms with E-state index in [0.717, 1.165) is 12.2 Å². The van der Waals surface area contributed by atoms with Crippen molar-refractivity contribution in [2.45, 2.75) is 19.9 Å². The minimum Gasteiger partial charge on any atom is -0.310 e. The summed E-state index contributed by atoms with van der Waals surface area (Å²) in [6.45, 7) is 4.73. The fraction of sp³-hybridized carbons (Fsp3) is 0.308. The van der Waals surface area contributed by atoms with Crippen LogP contribution in [0.4, 0.5) is 4.39 Å². The third kappa shape index (κ3) is 2.36. The largest absolute Gasteiger partial charge is 0.310 e. The highest BCUT2D eigenvalue weighted by Gasteiger charge is 2.16. The first kappa shape index (κ1) is 11.8. The third-order valence-electron chi connectivity index (χ3n) is 2.71. The monoisotopic (exact) mass is 233 g/mol. The van der Waals surface area contributed by atoms with Crippen molar-refractivity contribution in [3.8, 4) is 5.69 Å². The van der Waals surface area contributed by atoms with Gasteiger partial charge in [-0.25, -0.2) is 4.68 Å². The maximum atomic E-state index is 14.2. The predicted molar refractivity (Wildman–Crippen MR) is 65.6 cm³/mol. The van der Waals surface area contributed by atoms with Crippen LogP contribution in [0.3, 0.4) is 0 Å². The Hall–Kier alpha value is -1.68. The minimum absolute atomic E-state index is 0.0301. The van der Waals surface area contributed by atoms with Crippen molar-refractivity contribution in [1.29, 1.82) is 0 Å². The molecule has 0 fully saturated rings. The Morgan fingerprint density at radius 3 is 2.71 bits per heavy atom. The molecule has 1 N–H and O–H groups in total. The van der Waals surface area contributed by atoms with Crippen molar-refractivity contribution < 1.29 is 4.39 Å². The van der Waals surface area contributed by atoms with Crippen LogP contribution in [0.2, 0.25) is 0 Å². The Kier molecular flexibility index (Phi) is 3.54. The number of para-hydroxylation sites is 1. The van der Waals surface area contributed by atoms with Gasteiger partial charge in [0, 0.05) is 11.6 Å². The zero-order valence-corrected chi connectivity index (χ0v) is 10.0. The lowest BCUT2D eigenvalue weighted by Gasteiger charge is -2.10. The summed E-state index contributed by atoms with van der Waals surface area (Å²) in [5.41, 5.74) is 1.33. The molecule has 1 heterocycles. The summed E-state index contributed by atoms with van der Waals surface area (Å²) < 4.78 is 15.5. The van der Waals surface area contributed by atoms with Gasteiger partial charge in [0.2, 0.25) is 5.95 Å². The Labute approximate surface area is 100 Å². The van der Waals surface area contributed by atoms with Gasteiger partial charge in [0.15, 0.2) is 0 Å². The number of nitrogens with zero attached hydrogens (tertiary/aromatic N) is 2. The standard InChI is InChI=1S/C13H16FN3/c1-3-15-10(2)12-9-16-17(13(12)14)11-7-5-4-6-8-11/h4-10,15H,3H2,1-2H3. The van der Waals surface area contributed by atoms with Crippen molar-refractivity contribution in [2.24, 2.45) is 0 Å². The molecule has 1 aromatic heterocycles. The molecule has 4 heteroatoms. The molecular weight excluding hydrogens is 217 g/mol. The SMILES string of the molecule is CCNC(C)c1cnn(-c2ccccc2)c1F. The van der Waals surface area contributed by atoms with E-state index < -0.39 is 0 Å². The number of benzene rings is 1. The second-order valence-electron chi connectivity index (χ2n) is 3.92. The number of aromatic nitrogens is 2. The van der Waals surface area contributed by atoms with Crippen molar-refractivity contribution in [2.75, 3.05) is 6.54 Å². The van der Waals surface area contributed by atoms with Crippen LogP contribution >= 0.6 is 0 Å². The van der Waals surface area contributed by atoms with E-state index in [9.17, 15) is 4.39 Å². The van der Waals surface area contributed by atoms with Gasteiger partial charge in [-0.15, -0.1) is 0 Å². The molecule has 0 aliphatic heterocycles.